The minimum absolute atomic E-state index is 0.126. The van der Waals surface area contributed by atoms with Crippen molar-refractivity contribution in [1.82, 2.24) is 0 Å². The molecule has 4 N–H and O–H groups in total. The van der Waals surface area contributed by atoms with Crippen molar-refractivity contribution in [2.45, 2.75) is 19.1 Å². The summed E-state index contributed by atoms with van der Waals surface area (Å²) >= 11 is 0. The molecule has 0 aromatic heterocycles. The van der Waals surface area contributed by atoms with Gasteiger partial charge in [0, 0.05) is 11.6 Å². The van der Waals surface area contributed by atoms with Crippen LogP contribution in [0.4, 0.5) is 4.39 Å². The highest BCUT2D eigenvalue weighted by atomic mass is 19.1. The minimum atomic E-state index is -1.16. The molecule has 2 atom stereocenters. The van der Waals surface area contributed by atoms with E-state index in [1.807, 2.05) is 0 Å². The molecule has 0 radical (unpaired) electrons. The van der Waals surface area contributed by atoms with Crippen molar-refractivity contribution in [3.63, 3.8) is 0 Å². The number of rotatable bonds is 4. The lowest BCUT2D eigenvalue weighted by atomic mass is 10.0. The number of benzene rings is 1. The Hall–Kier alpha value is -1.72. The molecule has 0 heterocycles. The minimum Gasteiger partial charge on any atom is -0.478 e. The average molecular weight is 239 g/mol. The molecule has 1 aromatic rings. The van der Waals surface area contributed by atoms with Crippen molar-refractivity contribution in [2.24, 2.45) is 5.73 Å². The maximum atomic E-state index is 13.3. The summed E-state index contributed by atoms with van der Waals surface area (Å²) in [7, 11) is 0. The zero-order chi connectivity index (χ0) is 13.0. The second kappa shape index (κ2) is 5.56. The molecule has 0 aliphatic carbocycles. The molecule has 0 aliphatic heterocycles. The van der Waals surface area contributed by atoms with Crippen molar-refractivity contribution < 1.29 is 19.4 Å². The first-order valence-electron chi connectivity index (χ1n) is 5.06. The number of halogens is 1. The van der Waals surface area contributed by atoms with Crippen LogP contribution in [0, 0.1) is 5.82 Å². The van der Waals surface area contributed by atoms with Gasteiger partial charge < -0.3 is 15.9 Å². The predicted molar refractivity (Wildman–Crippen MR) is 61.7 cm³/mol. The molecule has 1 rings (SSSR count). The SMILES string of the molecule is C[C@@H](O)[C@H](N)c1ccc(F)c(/C=C/C(=O)O)c1. The Morgan fingerprint density at radius 2 is 2.18 bits per heavy atom. The van der Waals surface area contributed by atoms with E-state index in [0.717, 1.165) is 12.2 Å². The van der Waals surface area contributed by atoms with Gasteiger partial charge in [0.05, 0.1) is 12.1 Å². The summed E-state index contributed by atoms with van der Waals surface area (Å²) in [5, 5.41) is 17.8. The second-order valence-corrected chi connectivity index (χ2v) is 3.72. The van der Waals surface area contributed by atoms with Gasteiger partial charge in [-0.15, -0.1) is 0 Å². The molecule has 1 aromatic carbocycles. The van der Waals surface area contributed by atoms with Gasteiger partial charge in [-0.25, -0.2) is 9.18 Å². The van der Waals surface area contributed by atoms with Crippen LogP contribution >= 0.6 is 0 Å². The third kappa shape index (κ3) is 3.65. The normalized spacial score (nSPS) is 14.8. The van der Waals surface area contributed by atoms with Gasteiger partial charge in [-0.05, 0) is 30.7 Å². The van der Waals surface area contributed by atoms with Gasteiger partial charge in [0.25, 0.3) is 0 Å². The van der Waals surface area contributed by atoms with Gasteiger partial charge in [-0.3, -0.25) is 0 Å². The topological polar surface area (TPSA) is 83.5 Å². The molecular formula is C12H14FNO3. The molecule has 0 unspecified atom stereocenters. The monoisotopic (exact) mass is 239 g/mol. The summed E-state index contributed by atoms with van der Waals surface area (Å²) in [5.74, 6) is -1.70. The van der Waals surface area contributed by atoms with Crippen molar-refractivity contribution >= 4 is 12.0 Å². The van der Waals surface area contributed by atoms with Crippen LogP contribution in [0.25, 0.3) is 6.08 Å². The van der Waals surface area contributed by atoms with Gasteiger partial charge in [0.15, 0.2) is 0 Å². The Morgan fingerprint density at radius 1 is 1.53 bits per heavy atom. The van der Waals surface area contributed by atoms with E-state index >= 15 is 0 Å². The first-order chi connectivity index (χ1) is 7.91. The van der Waals surface area contributed by atoms with E-state index in [1.54, 1.807) is 0 Å². The van der Waals surface area contributed by atoms with E-state index in [2.05, 4.69) is 0 Å². The summed E-state index contributed by atoms with van der Waals surface area (Å²) in [5.41, 5.74) is 6.37. The first-order valence-corrected chi connectivity index (χ1v) is 5.06. The Balaban J connectivity index is 3.06. The lowest BCUT2D eigenvalue weighted by Gasteiger charge is -2.15. The maximum Gasteiger partial charge on any atom is 0.328 e. The summed E-state index contributed by atoms with van der Waals surface area (Å²) in [6, 6.07) is 3.45. The van der Waals surface area contributed by atoms with E-state index < -0.39 is 23.9 Å². The maximum absolute atomic E-state index is 13.3. The Bertz CT molecular complexity index is 443. The number of nitrogens with two attached hydrogens (primary N) is 1. The highest BCUT2D eigenvalue weighted by molar-refractivity contribution is 5.85. The number of aliphatic hydroxyl groups is 1. The molecule has 17 heavy (non-hydrogen) atoms. The molecule has 92 valence electrons. The first kappa shape index (κ1) is 13.3. The molecule has 0 saturated carbocycles. The Kier molecular flexibility index (Phi) is 4.37. The van der Waals surface area contributed by atoms with Crippen molar-refractivity contribution in [1.29, 1.82) is 0 Å². The average Bonchev–Trinajstić information content (AvgIpc) is 2.26. The lowest BCUT2D eigenvalue weighted by molar-refractivity contribution is -0.131. The highest BCUT2D eigenvalue weighted by Gasteiger charge is 2.13. The fourth-order valence-electron chi connectivity index (χ4n) is 1.34. The van der Waals surface area contributed by atoms with Gasteiger partial charge in [0.1, 0.15) is 5.82 Å². The summed E-state index contributed by atoms with van der Waals surface area (Å²) in [4.78, 5) is 10.3. The second-order valence-electron chi connectivity index (χ2n) is 3.72. The number of aliphatic hydroxyl groups excluding tert-OH is 1. The van der Waals surface area contributed by atoms with E-state index in [9.17, 15) is 14.3 Å². The van der Waals surface area contributed by atoms with Crippen molar-refractivity contribution in [3.05, 3.63) is 41.2 Å². The number of hydrogen-bond donors (Lipinski definition) is 3. The summed E-state index contributed by atoms with van der Waals surface area (Å²) in [6.07, 6.45) is 1.23. The molecule has 0 saturated heterocycles. The smallest absolute Gasteiger partial charge is 0.328 e. The molecule has 0 aliphatic rings. The van der Waals surface area contributed by atoms with Crippen LogP contribution in [0.2, 0.25) is 0 Å². The summed E-state index contributed by atoms with van der Waals surface area (Å²) < 4.78 is 13.3. The highest BCUT2D eigenvalue weighted by Crippen LogP contribution is 2.19. The number of aliphatic carboxylic acids is 1. The van der Waals surface area contributed by atoms with Gasteiger partial charge >= 0.3 is 5.97 Å². The number of carboxylic acids is 1. The molecule has 0 amide bonds. The molecule has 0 spiro atoms. The molecule has 0 fully saturated rings. The Labute approximate surface area is 98.2 Å². The van der Waals surface area contributed by atoms with E-state index in [4.69, 9.17) is 10.8 Å². The lowest BCUT2D eigenvalue weighted by Crippen LogP contribution is -2.23. The van der Waals surface area contributed by atoms with Crippen LogP contribution in [0.3, 0.4) is 0 Å². The fourth-order valence-corrected chi connectivity index (χ4v) is 1.34. The molecule has 4 nitrogen and oxygen atoms in total. The standard InChI is InChI=1S/C12H14FNO3/c1-7(15)12(14)9-2-4-10(13)8(6-9)3-5-11(16)17/h2-7,12,15H,14H2,1H3,(H,16,17)/b5-3+/t7-,12+/m1/s1. The van der Waals surface area contributed by atoms with E-state index in [0.29, 0.717) is 5.56 Å². The van der Waals surface area contributed by atoms with Crippen LogP contribution < -0.4 is 5.73 Å². The summed E-state index contributed by atoms with van der Waals surface area (Å²) in [6.45, 7) is 1.53. The zero-order valence-electron chi connectivity index (χ0n) is 9.30. The number of hydrogen-bond acceptors (Lipinski definition) is 3. The van der Waals surface area contributed by atoms with Crippen LogP contribution in [0.15, 0.2) is 24.3 Å². The third-order valence-corrected chi connectivity index (χ3v) is 2.33. The zero-order valence-corrected chi connectivity index (χ0v) is 9.30. The number of carbonyl (C=O) groups is 1. The third-order valence-electron chi connectivity index (χ3n) is 2.33. The molecular weight excluding hydrogens is 225 g/mol. The molecule has 0 bridgehead atoms. The quantitative estimate of drug-likeness (QED) is 0.691. The fraction of sp³-hybridized carbons (Fsp3) is 0.250. The van der Waals surface area contributed by atoms with E-state index in [1.165, 1.54) is 25.1 Å². The van der Waals surface area contributed by atoms with Gasteiger partial charge in [-0.1, -0.05) is 6.07 Å². The van der Waals surface area contributed by atoms with Gasteiger partial charge in [0.2, 0.25) is 0 Å². The van der Waals surface area contributed by atoms with Crippen molar-refractivity contribution in [3.8, 4) is 0 Å². The van der Waals surface area contributed by atoms with Gasteiger partial charge in [-0.2, -0.15) is 0 Å². The van der Waals surface area contributed by atoms with Crippen LogP contribution in [-0.2, 0) is 4.79 Å². The van der Waals surface area contributed by atoms with Crippen molar-refractivity contribution in [2.75, 3.05) is 0 Å². The van der Waals surface area contributed by atoms with E-state index in [-0.39, 0.29) is 5.56 Å². The Morgan fingerprint density at radius 3 is 2.71 bits per heavy atom. The van der Waals surface area contributed by atoms with Crippen LogP contribution in [-0.4, -0.2) is 22.3 Å². The number of carboxylic acid groups (broad SMARTS) is 1. The predicted octanol–water partition coefficient (Wildman–Crippen LogP) is 1.30. The van der Waals surface area contributed by atoms with Crippen LogP contribution in [0.1, 0.15) is 24.1 Å². The largest absolute Gasteiger partial charge is 0.478 e. The molecule has 5 heteroatoms. The van der Waals surface area contributed by atoms with Crippen LogP contribution in [0.5, 0.6) is 0 Å².